The lowest BCUT2D eigenvalue weighted by atomic mass is 9.97. The maximum absolute atomic E-state index is 13.0. The number of likely N-dealkylation sites (N-methyl/N-ethyl adjacent to an activating group) is 1. The number of para-hydroxylation sites is 1. The van der Waals surface area contributed by atoms with Gasteiger partial charge in [0.2, 0.25) is 5.91 Å². The number of aromatic hydroxyl groups is 1. The van der Waals surface area contributed by atoms with E-state index in [2.05, 4.69) is 35.1 Å². The first-order chi connectivity index (χ1) is 14.5. The van der Waals surface area contributed by atoms with Gasteiger partial charge in [0.25, 0.3) is 0 Å². The molecule has 0 aliphatic rings. The van der Waals surface area contributed by atoms with Gasteiger partial charge in [-0.05, 0) is 49.2 Å². The van der Waals surface area contributed by atoms with Crippen LogP contribution < -0.4 is 5.32 Å². The summed E-state index contributed by atoms with van der Waals surface area (Å²) in [7, 11) is 1.98. The lowest BCUT2D eigenvalue weighted by Gasteiger charge is -2.28. The summed E-state index contributed by atoms with van der Waals surface area (Å²) in [5, 5.41) is 13.6. The molecule has 0 saturated carbocycles. The molecule has 3 N–H and O–H groups in total. The van der Waals surface area contributed by atoms with Crippen molar-refractivity contribution in [1.82, 2.24) is 15.2 Å². The Morgan fingerprint density at radius 3 is 2.67 bits per heavy atom. The van der Waals surface area contributed by atoms with Crippen molar-refractivity contribution in [3.05, 3.63) is 72.1 Å². The van der Waals surface area contributed by atoms with E-state index in [0.29, 0.717) is 12.5 Å². The predicted molar refractivity (Wildman–Crippen MR) is 123 cm³/mol. The van der Waals surface area contributed by atoms with E-state index in [0.717, 1.165) is 34.9 Å². The van der Waals surface area contributed by atoms with Crippen molar-refractivity contribution in [3.63, 3.8) is 0 Å². The first kappa shape index (κ1) is 21.7. The van der Waals surface area contributed by atoms with E-state index in [1.165, 1.54) is 0 Å². The summed E-state index contributed by atoms with van der Waals surface area (Å²) in [4.78, 5) is 18.3. The van der Waals surface area contributed by atoms with Gasteiger partial charge < -0.3 is 15.4 Å². The fourth-order valence-corrected chi connectivity index (χ4v) is 3.58. The molecule has 0 saturated heterocycles. The minimum absolute atomic E-state index is 0.00679. The molecular weight excluding hydrogens is 374 g/mol. The smallest absolute Gasteiger partial charge is 0.241 e. The van der Waals surface area contributed by atoms with E-state index in [1.54, 1.807) is 18.3 Å². The number of hydrogen-bond acceptors (Lipinski definition) is 3. The molecule has 0 fully saturated rings. The number of H-pyrrole nitrogens is 1. The fraction of sp³-hybridized carbons (Fsp3) is 0.320. The Bertz CT molecular complexity index is 991. The second kappa shape index (κ2) is 10.1. The van der Waals surface area contributed by atoms with Crippen LogP contribution in [-0.4, -0.2) is 34.0 Å². The molecular formula is C25H31N3O2. The highest BCUT2D eigenvalue weighted by Gasteiger charge is 2.24. The summed E-state index contributed by atoms with van der Waals surface area (Å²) >= 11 is 0. The van der Waals surface area contributed by atoms with Crippen LogP contribution >= 0.6 is 0 Å². The second-order valence-electron chi connectivity index (χ2n) is 7.98. The van der Waals surface area contributed by atoms with Crippen LogP contribution in [0.25, 0.3) is 17.0 Å². The number of aromatic nitrogens is 1. The lowest BCUT2D eigenvalue weighted by Crippen LogP contribution is -2.44. The zero-order valence-corrected chi connectivity index (χ0v) is 17.9. The van der Waals surface area contributed by atoms with Crippen molar-refractivity contribution in [2.75, 3.05) is 7.05 Å². The summed E-state index contributed by atoms with van der Waals surface area (Å²) in [5.41, 5.74) is 3.18. The lowest BCUT2D eigenvalue weighted by molar-refractivity contribution is -0.125. The van der Waals surface area contributed by atoms with Crippen molar-refractivity contribution in [3.8, 4) is 5.75 Å². The third-order valence-corrected chi connectivity index (χ3v) is 5.64. The number of aromatic amines is 1. The van der Waals surface area contributed by atoms with Crippen LogP contribution in [0.5, 0.6) is 5.75 Å². The highest BCUT2D eigenvalue weighted by Crippen LogP contribution is 2.20. The third-order valence-electron chi connectivity index (χ3n) is 5.64. The number of phenols is 1. The number of fused-ring (bicyclic) bond motifs is 1. The average molecular weight is 406 g/mol. The van der Waals surface area contributed by atoms with Crippen LogP contribution in [0.1, 0.15) is 37.8 Å². The van der Waals surface area contributed by atoms with Gasteiger partial charge in [-0.25, -0.2) is 0 Å². The van der Waals surface area contributed by atoms with Crippen LogP contribution in [0.15, 0.2) is 60.9 Å². The maximum Gasteiger partial charge on any atom is 0.241 e. The molecule has 2 unspecified atom stereocenters. The van der Waals surface area contributed by atoms with Crippen LogP contribution in [0.2, 0.25) is 0 Å². The van der Waals surface area contributed by atoms with Crippen molar-refractivity contribution in [2.24, 2.45) is 5.92 Å². The highest BCUT2D eigenvalue weighted by atomic mass is 16.3. The topological polar surface area (TPSA) is 68.4 Å². The van der Waals surface area contributed by atoms with E-state index in [1.807, 2.05) is 49.7 Å². The Kier molecular flexibility index (Phi) is 7.31. The number of nitrogens with one attached hydrogen (secondary N) is 2. The molecule has 5 nitrogen and oxygen atoms in total. The van der Waals surface area contributed by atoms with Gasteiger partial charge in [-0.2, -0.15) is 0 Å². The number of carbonyl (C=O) groups is 1. The standard InChI is InChI=1S/C25H31N3O2/c1-4-18(2)15-24(28(3)17-19-9-11-21(29)12-10-19)25(30)26-14-13-20-16-27-23-8-6-5-7-22(20)23/h5-14,16,18,24,27,29H,4,15,17H2,1-3H3,(H,26,30)/b14-13-. The van der Waals surface area contributed by atoms with Crippen LogP contribution in [0, 0.1) is 5.92 Å². The number of nitrogens with zero attached hydrogens (tertiary/aromatic N) is 1. The van der Waals surface area contributed by atoms with Crippen molar-refractivity contribution in [1.29, 1.82) is 0 Å². The summed E-state index contributed by atoms with van der Waals surface area (Å²) in [6.07, 6.45) is 7.42. The van der Waals surface area contributed by atoms with Crippen molar-refractivity contribution in [2.45, 2.75) is 39.3 Å². The van der Waals surface area contributed by atoms with Gasteiger partial charge in [0.05, 0.1) is 6.04 Å². The number of phenolic OH excluding ortho intramolecular Hbond substituents is 1. The monoisotopic (exact) mass is 405 g/mol. The Hall–Kier alpha value is -3.05. The predicted octanol–water partition coefficient (Wildman–Crippen LogP) is 4.90. The number of carbonyl (C=O) groups excluding carboxylic acids is 1. The molecule has 30 heavy (non-hydrogen) atoms. The molecule has 1 aromatic heterocycles. The van der Waals surface area contributed by atoms with Gasteiger partial charge in [0.1, 0.15) is 5.75 Å². The Morgan fingerprint density at radius 1 is 1.20 bits per heavy atom. The maximum atomic E-state index is 13.0. The molecule has 2 aromatic carbocycles. The third kappa shape index (κ3) is 5.51. The molecule has 0 bridgehead atoms. The quantitative estimate of drug-likeness (QED) is 0.474. The molecule has 2 atom stereocenters. The number of amides is 1. The Labute approximate surface area is 178 Å². The van der Waals surface area contributed by atoms with Crippen LogP contribution in [0.3, 0.4) is 0 Å². The summed E-state index contributed by atoms with van der Waals surface area (Å²) < 4.78 is 0. The molecule has 0 radical (unpaired) electrons. The molecule has 3 aromatic rings. The Balaban J connectivity index is 1.68. The van der Waals surface area contributed by atoms with Gasteiger partial charge in [-0.3, -0.25) is 9.69 Å². The van der Waals surface area contributed by atoms with Crippen molar-refractivity contribution < 1.29 is 9.90 Å². The minimum atomic E-state index is -0.235. The first-order valence-corrected chi connectivity index (χ1v) is 10.5. The summed E-state index contributed by atoms with van der Waals surface area (Å²) in [6, 6.07) is 15.0. The van der Waals surface area contributed by atoms with E-state index in [-0.39, 0.29) is 17.7 Å². The second-order valence-corrected chi connectivity index (χ2v) is 7.98. The molecule has 5 heteroatoms. The SMILES string of the molecule is CCC(C)CC(C(=O)N/C=C\c1c[nH]c2ccccc12)N(C)Cc1ccc(O)cc1. The summed E-state index contributed by atoms with van der Waals surface area (Å²) in [6.45, 7) is 4.97. The number of benzene rings is 2. The molecule has 0 spiro atoms. The molecule has 0 aliphatic heterocycles. The van der Waals surface area contributed by atoms with E-state index in [4.69, 9.17) is 0 Å². The van der Waals surface area contributed by atoms with E-state index >= 15 is 0 Å². The number of hydrogen-bond donors (Lipinski definition) is 3. The van der Waals surface area contributed by atoms with Crippen LogP contribution in [0.4, 0.5) is 0 Å². The zero-order chi connectivity index (χ0) is 21.5. The van der Waals surface area contributed by atoms with Crippen molar-refractivity contribution >= 4 is 22.9 Å². The number of rotatable bonds is 9. The minimum Gasteiger partial charge on any atom is -0.508 e. The van der Waals surface area contributed by atoms with E-state index in [9.17, 15) is 9.90 Å². The zero-order valence-electron chi connectivity index (χ0n) is 17.9. The molecule has 1 heterocycles. The fourth-order valence-electron chi connectivity index (χ4n) is 3.58. The Morgan fingerprint density at radius 2 is 1.93 bits per heavy atom. The van der Waals surface area contributed by atoms with Gasteiger partial charge in [0, 0.05) is 35.4 Å². The molecule has 158 valence electrons. The highest BCUT2D eigenvalue weighted by molar-refractivity contribution is 5.89. The molecule has 0 aliphatic carbocycles. The normalized spacial score (nSPS) is 13.7. The molecule has 3 rings (SSSR count). The largest absolute Gasteiger partial charge is 0.508 e. The average Bonchev–Trinajstić information content (AvgIpc) is 3.16. The first-order valence-electron chi connectivity index (χ1n) is 10.5. The van der Waals surface area contributed by atoms with Crippen LogP contribution in [-0.2, 0) is 11.3 Å². The van der Waals surface area contributed by atoms with Gasteiger partial charge >= 0.3 is 0 Å². The summed E-state index contributed by atoms with van der Waals surface area (Å²) in [5.74, 6) is 0.686. The van der Waals surface area contributed by atoms with Gasteiger partial charge in [0.15, 0.2) is 0 Å². The van der Waals surface area contributed by atoms with E-state index < -0.39 is 0 Å². The van der Waals surface area contributed by atoms with Gasteiger partial charge in [-0.1, -0.05) is 50.6 Å². The molecule has 1 amide bonds. The van der Waals surface area contributed by atoms with Gasteiger partial charge in [-0.15, -0.1) is 0 Å².